The zero-order chi connectivity index (χ0) is 33.4. The number of amides is 1. The molecule has 5 rings (SSSR count). The van der Waals surface area contributed by atoms with Gasteiger partial charge >= 0.3 is 6.18 Å². The van der Waals surface area contributed by atoms with Gasteiger partial charge in [-0.3, -0.25) is 9.10 Å². The van der Waals surface area contributed by atoms with Crippen LogP contribution in [-0.2, 0) is 30.8 Å². The average molecular weight is 701 g/mol. The Morgan fingerprint density at radius 3 is 2.43 bits per heavy atom. The molecule has 0 radical (unpaired) electrons. The summed E-state index contributed by atoms with van der Waals surface area (Å²) >= 11 is 6.21. The minimum atomic E-state index is -4.78. The van der Waals surface area contributed by atoms with Gasteiger partial charge in [-0.1, -0.05) is 35.9 Å². The summed E-state index contributed by atoms with van der Waals surface area (Å²) in [4.78, 5) is 13.7. The molecular weight excluding hydrogens is 672 g/mol. The summed E-state index contributed by atoms with van der Waals surface area (Å²) in [6, 6.07) is 12.2. The first-order valence-corrected chi connectivity index (χ1v) is 17.8. The van der Waals surface area contributed by atoms with Gasteiger partial charge in [-0.25, -0.2) is 21.2 Å². The quantitative estimate of drug-likeness (QED) is 0.220. The van der Waals surface area contributed by atoms with E-state index in [0.29, 0.717) is 17.2 Å². The highest BCUT2D eigenvalue weighted by Gasteiger charge is 2.37. The SMILES string of the molecule is CC(=Cc1ccc2c(c1)N(S(=O)(=O)c1cccc(C(F)(F)F)c1)CC(CCC(=O)N1CCS(=O)(=O)CC1)O2)c1c(F)cccc1Cl. The molecule has 0 aliphatic carbocycles. The summed E-state index contributed by atoms with van der Waals surface area (Å²) in [5.41, 5.74) is -0.0575. The first kappa shape index (κ1) is 33.7. The Bertz CT molecular complexity index is 1880. The van der Waals surface area contributed by atoms with Crippen LogP contribution in [0.1, 0.15) is 36.5 Å². The summed E-state index contributed by atoms with van der Waals surface area (Å²) < 4.78 is 113. The summed E-state index contributed by atoms with van der Waals surface area (Å²) in [7, 11) is -7.79. The maximum atomic E-state index is 14.6. The normalized spacial score (nSPS) is 18.6. The number of nitrogens with zero attached hydrogens (tertiary/aromatic N) is 2. The lowest BCUT2D eigenvalue weighted by atomic mass is 10.0. The third-order valence-corrected chi connectivity index (χ3v) is 11.5. The molecule has 1 saturated heterocycles. The van der Waals surface area contributed by atoms with E-state index in [2.05, 4.69) is 0 Å². The molecule has 0 N–H and O–H groups in total. The predicted octanol–water partition coefficient (Wildman–Crippen LogP) is 6.05. The first-order valence-electron chi connectivity index (χ1n) is 14.2. The molecule has 1 amide bonds. The molecule has 2 heterocycles. The van der Waals surface area contributed by atoms with E-state index in [1.807, 2.05) is 0 Å². The van der Waals surface area contributed by atoms with Crippen molar-refractivity contribution < 1.29 is 43.9 Å². The molecule has 246 valence electrons. The van der Waals surface area contributed by atoms with E-state index < -0.39 is 48.4 Å². The molecule has 3 aromatic carbocycles. The standard InChI is InChI=1S/C31H29ClF4N2O6S2/c1-20(30-25(32)6-3-7-26(30)33)16-21-8-10-28-27(17-21)38(46(42,43)24-5-2-4-22(18-24)31(34,35)36)19-23(44-28)9-11-29(39)37-12-14-45(40,41)15-13-37/h2-8,10,16-18,23H,9,11-15,19H2,1H3. The Morgan fingerprint density at radius 1 is 1.07 bits per heavy atom. The van der Waals surface area contributed by atoms with Crippen LogP contribution in [-0.4, -0.2) is 64.9 Å². The molecule has 0 spiro atoms. The van der Waals surface area contributed by atoms with Crippen LogP contribution in [0.15, 0.2) is 65.6 Å². The number of fused-ring (bicyclic) bond motifs is 1. The highest BCUT2D eigenvalue weighted by atomic mass is 35.5. The Kier molecular flexibility index (Phi) is 9.45. The summed E-state index contributed by atoms with van der Waals surface area (Å²) in [6.45, 7) is 1.42. The molecule has 0 bridgehead atoms. The molecular formula is C31H29ClF4N2O6S2. The lowest BCUT2D eigenvalue weighted by Crippen LogP contribution is -2.46. The molecule has 0 saturated carbocycles. The van der Waals surface area contributed by atoms with Gasteiger partial charge in [0.25, 0.3) is 10.0 Å². The van der Waals surface area contributed by atoms with Gasteiger partial charge in [-0.15, -0.1) is 0 Å². The van der Waals surface area contributed by atoms with Crippen molar-refractivity contribution in [3.05, 3.63) is 88.2 Å². The van der Waals surface area contributed by atoms with Gasteiger partial charge < -0.3 is 9.64 Å². The molecule has 0 aromatic heterocycles. The number of carbonyl (C=O) groups excluding carboxylic acids is 1. The third kappa shape index (κ3) is 7.34. The predicted molar refractivity (Wildman–Crippen MR) is 166 cm³/mol. The van der Waals surface area contributed by atoms with Crippen molar-refractivity contribution in [2.24, 2.45) is 0 Å². The van der Waals surface area contributed by atoms with Crippen LogP contribution in [0.2, 0.25) is 5.02 Å². The fourth-order valence-corrected chi connectivity index (χ4v) is 8.42. The number of carbonyl (C=O) groups is 1. The van der Waals surface area contributed by atoms with E-state index in [4.69, 9.17) is 16.3 Å². The van der Waals surface area contributed by atoms with Crippen LogP contribution in [0, 0.1) is 5.82 Å². The van der Waals surface area contributed by atoms with Gasteiger partial charge in [0.1, 0.15) is 17.7 Å². The maximum absolute atomic E-state index is 14.6. The molecule has 8 nitrogen and oxygen atoms in total. The molecule has 3 aromatic rings. The smallest absolute Gasteiger partial charge is 0.416 e. The second-order valence-electron chi connectivity index (χ2n) is 11.0. The second kappa shape index (κ2) is 12.9. The summed E-state index contributed by atoms with van der Waals surface area (Å²) in [5.74, 6) is -1.05. The molecule has 2 aliphatic heterocycles. The molecule has 1 unspecified atom stereocenters. The van der Waals surface area contributed by atoms with Crippen molar-refractivity contribution in [2.45, 2.75) is 36.9 Å². The number of halogens is 5. The number of anilines is 1. The van der Waals surface area contributed by atoms with Gasteiger partial charge in [0.2, 0.25) is 5.91 Å². The number of sulfonamides is 1. The van der Waals surface area contributed by atoms with E-state index >= 15 is 0 Å². The van der Waals surface area contributed by atoms with Gasteiger partial charge in [-0.05, 0) is 66.9 Å². The number of ether oxygens (including phenoxy) is 1. The zero-order valence-electron chi connectivity index (χ0n) is 24.4. The van der Waals surface area contributed by atoms with Crippen LogP contribution >= 0.6 is 11.6 Å². The van der Waals surface area contributed by atoms with Gasteiger partial charge in [0.15, 0.2) is 9.84 Å². The lowest BCUT2D eigenvalue weighted by molar-refractivity contribution is -0.137. The number of allylic oxidation sites excluding steroid dienone is 1. The summed E-state index contributed by atoms with van der Waals surface area (Å²) in [6.07, 6.45) is -4.06. The minimum absolute atomic E-state index is 0.0439. The van der Waals surface area contributed by atoms with Crippen molar-refractivity contribution in [1.29, 1.82) is 0 Å². The number of benzene rings is 3. The van der Waals surface area contributed by atoms with Crippen LogP contribution in [0.3, 0.4) is 0 Å². The maximum Gasteiger partial charge on any atom is 0.416 e. The largest absolute Gasteiger partial charge is 0.486 e. The highest BCUT2D eigenvalue weighted by molar-refractivity contribution is 7.93. The van der Waals surface area contributed by atoms with Crippen molar-refractivity contribution in [3.63, 3.8) is 0 Å². The Morgan fingerprint density at radius 2 is 1.76 bits per heavy atom. The molecule has 2 aliphatic rings. The van der Waals surface area contributed by atoms with Crippen molar-refractivity contribution >= 4 is 54.7 Å². The van der Waals surface area contributed by atoms with Gasteiger partial charge in [-0.2, -0.15) is 13.2 Å². The van der Waals surface area contributed by atoms with Crippen molar-refractivity contribution in [3.8, 4) is 5.75 Å². The number of hydrogen-bond donors (Lipinski definition) is 0. The van der Waals surface area contributed by atoms with Crippen molar-refractivity contribution in [1.82, 2.24) is 4.90 Å². The van der Waals surface area contributed by atoms with E-state index in [1.165, 1.54) is 35.2 Å². The van der Waals surface area contributed by atoms with E-state index in [-0.39, 0.29) is 71.9 Å². The van der Waals surface area contributed by atoms with E-state index in [0.717, 1.165) is 22.5 Å². The van der Waals surface area contributed by atoms with Crippen LogP contribution in [0.5, 0.6) is 5.75 Å². The highest BCUT2D eigenvalue weighted by Crippen LogP contribution is 2.40. The minimum Gasteiger partial charge on any atom is -0.486 e. The van der Waals surface area contributed by atoms with Crippen LogP contribution in [0.4, 0.5) is 23.2 Å². The number of rotatable bonds is 7. The monoisotopic (exact) mass is 700 g/mol. The van der Waals surface area contributed by atoms with Crippen LogP contribution in [0.25, 0.3) is 11.6 Å². The average Bonchev–Trinajstić information content (AvgIpc) is 2.99. The number of hydrogen-bond acceptors (Lipinski definition) is 6. The lowest BCUT2D eigenvalue weighted by Gasteiger charge is -2.36. The molecule has 46 heavy (non-hydrogen) atoms. The third-order valence-electron chi connectivity index (χ3n) is 7.78. The fourth-order valence-electron chi connectivity index (χ4n) is 5.36. The topological polar surface area (TPSA) is 101 Å². The summed E-state index contributed by atoms with van der Waals surface area (Å²) in [5, 5.41) is 0.173. The van der Waals surface area contributed by atoms with Crippen LogP contribution < -0.4 is 9.04 Å². The molecule has 1 atom stereocenters. The van der Waals surface area contributed by atoms with Crippen molar-refractivity contribution in [2.75, 3.05) is 35.4 Å². The van der Waals surface area contributed by atoms with E-state index in [9.17, 15) is 39.2 Å². The second-order valence-corrected chi connectivity index (χ2v) is 15.6. The van der Waals surface area contributed by atoms with E-state index in [1.54, 1.807) is 19.1 Å². The van der Waals surface area contributed by atoms with Gasteiger partial charge in [0, 0.05) is 25.1 Å². The molecule has 1 fully saturated rings. The zero-order valence-corrected chi connectivity index (χ0v) is 26.8. The Balaban J connectivity index is 1.48. The fraction of sp³-hybridized carbons (Fsp3) is 0.323. The Labute approximate surface area is 269 Å². The first-order chi connectivity index (χ1) is 21.5. The Hall–Kier alpha value is -3.62. The van der Waals surface area contributed by atoms with Gasteiger partial charge in [0.05, 0.1) is 39.2 Å². The number of sulfone groups is 1. The molecule has 15 heteroatoms. The number of alkyl halides is 3.